The van der Waals surface area contributed by atoms with Crippen molar-refractivity contribution < 1.29 is 13.2 Å². The highest BCUT2D eigenvalue weighted by molar-refractivity contribution is 9.10. The number of hydrogen-bond donors (Lipinski definition) is 1. The molecule has 5 nitrogen and oxygen atoms in total. The van der Waals surface area contributed by atoms with E-state index in [4.69, 9.17) is 0 Å². The van der Waals surface area contributed by atoms with Crippen LogP contribution >= 0.6 is 15.9 Å². The summed E-state index contributed by atoms with van der Waals surface area (Å²) in [6, 6.07) is 1.01. The lowest BCUT2D eigenvalue weighted by Crippen LogP contribution is -2.14. The third kappa shape index (κ3) is 3.92. The van der Waals surface area contributed by atoms with Gasteiger partial charge in [0.1, 0.15) is 5.82 Å². The molecule has 0 atom stereocenters. The van der Waals surface area contributed by atoms with Gasteiger partial charge in [0, 0.05) is 30.0 Å². The molecule has 0 radical (unpaired) electrons. The number of halogens is 4. The van der Waals surface area contributed by atoms with Gasteiger partial charge in [0.05, 0.1) is 11.8 Å². The molecule has 0 aromatic carbocycles. The van der Waals surface area contributed by atoms with Crippen LogP contribution in [0.15, 0.2) is 29.1 Å². The summed E-state index contributed by atoms with van der Waals surface area (Å²) in [5, 5.41) is 10.1. The first-order chi connectivity index (χ1) is 9.47. The van der Waals surface area contributed by atoms with Crippen LogP contribution in [0.4, 0.5) is 19.0 Å². The molecule has 1 N–H and O–H groups in total. The Morgan fingerprint density at radius 2 is 2.15 bits per heavy atom. The molecule has 0 saturated carbocycles. The van der Waals surface area contributed by atoms with Gasteiger partial charge in [-0.3, -0.25) is 4.68 Å². The van der Waals surface area contributed by atoms with Crippen LogP contribution in [0.5, 0.6) is 0 Å². The van der Waals surface area contributed by atoms with Crippen LogP contribution in [-0.4, -0.2) is 26.5 Å². The minimum atomic E-state index is -4.44. The second kappa shape index (κ2) is 6.21. The average molecular weight is 350 g/mol. The molecule has 2 aromatic heterocycles. The predicted molar refractivity (Wildman–Crippen MR) is 70.1 cm³/mol. The summed E-state index contributed by atoms with van der Waals surface area (Å²) in [4.78, 5) is 3.77. The second-order valence-electron chi connectivity index (χ2n) is 3.99. The van der Waals surface area contributed by atoms with Crippen molar-refractivity contribution in [1.82, 2.24) is 20.0 Å². The SMILES string of the molecule is FC(F)(F)c1cc(Br)cnc1NCCCn1ccnn1. The largest absolute Gasteiger partial charge is 0.419 e. The molecule has 2 aromatic rings. The molecule has 20 heavy (non-hydrogen) atoms. The fraction of sp³-hybridized carbons (Fsp3) is 0.364. The number of aromatic nitrogens is 4. The lowest BCUT2D eigenvalue weighted by molar-refractivity contribution is -0.137. The number of hydrogen-bond acceptors (Lipinski definition) is 4. The van der Waals surface area contributed by atoms with Gasteiger partial charge in [-0.25, -0.2) is 4.98 Å². The maximum absolute atomic E-state index is 12.8. The zero-order valence-corrected chi connectivity index (χ0v) is 11.8. The molecule has 0 fully saturated rings. The van der Waals surface area contributed by atoms with Gasteiger partial charge in [0.25, 0.3) is 0 Å². The topological polar surface area (TPSA) is 55.6 Å². The highest BCUT2D eigenvalue weighted by Crippen LogP contribution is 2.35. The monoisotopic (exact) mass is 349 g/mol. The number of pyridine rings is 1. The summed E-state index contributed by atoms with van der Waals surface area (Å²) < 4.78 is 40.4. The molecule has 2 heterocycles. The predicted octanol–water partition coefficient (Wildman–Crippen LogP) is 2.96. The maximum atomic E-state index is 12.8. The fourth-order valence-corrected chi connectivity index (χ4v) is 1.93. The molecular weight excluding hydrogens is 339 g/mol. The molecule has 0 bridgehead atoms. The zero-order chi connectivity index (χ0) is 14.6. The molecule has 0 aliphatic carbocycles. The van der Waals surface area contributed by atoms with Crippen LogP contribution in [0, 0.1) is 0 Å². The Morgan fingerprint density at radius 3 is 2.80 bits per heavy atom. The van der Waals surface area contributed by atoms with E-state index in [1.807, 2.05) is 0 Å². The number of anilines is 1. The van der Waals surface area contributed by atoms with Crippen molar-refractivity contribution in [3.8, 4) is 0 Å². The van der Waals surface area contributed by atoms with Crippen LogP contribution in [0.2, 0.25) is 0 Å². The minimum absolute atomic E-state index is 0.167. The Kier molecular flexibility index (Phi) is 4.58. The molecule has 2 rings (SSSR count). The molecule has 0 aliphatic rings. The van der Waals surface area contributed by atoms with E-state index in [1.165, 1.54) is 6.20 Å². The Balaban J connectivity index is 1.95. The van der Waals surface area contributed by atoms with Gasteiger partial charge in [-0.1, -0.05) is 5.21 Å². The van der Waals surface area contributed by atoms with Crippen LogP contribution in [-0.2, 0) is 12.7 Å². The highest BCUT2D eigenvalue weighted by atomic mass is 79.9. The van der Waals surface area contributed by atoms with E-state index < -0.39 is 11.7 Å². The van der Waals surface area contributed by atoms with Crippen LogP contribution < -0.4 is 5.32 Å². The van der Waals surface area contributed by atoms with Crippen molar-refractivity contribution in [2.24, 2.45) is 0 Å². The summed E-state index contributed by atoms with van der Waals surface area (Å²) >= 11 is 2.99. The smallest absolute Gasteiger partial charge is 0.370 e. The average Bonchev–Trinajstić information content (AvgIpc) is 2.88. The number of nitrogens with one attached hydrogen (secondary N) is 1. The normalized spacial score (nSPS) is 11.6. The number of nitrogens with zero attached hydrogens (tertiary/aromatic N) is 4. The second-order valence-corrected chi connectivity index (χ2v) is 4.91. The number of aryl methyl sites for hydroxylation is 1. The number of alkyl halides is 3. The molecule has 0 amide bonds. The minimum Gasteiger partial charge on any atom is -0.370 e. The first kappa shape index (κ1) is 14.8. The molecule has 108 valence electrons. The first-order valence-electron chi connectivity index (χ1n) is 5.77. The van der Waals surface area contributed by atoms with Crippen molar-refractivity contribution in [2.75, 3.05) is 11.9 Å². The molecule has 0 aliphatic heterocycles. The van der Waals surface area contributed by atoms with Crippen molar-refractivity contribution >= 4 is 21.7 Å². The maximum Gasteiger partial charge on any atom is 0.419 e. The van der Waals surface area contributed by atoms with Gasteiger partial charge in [-0.2, -0.15) is 13.2 Å². The van der Waals surface area contributed by atoms with Gasteiger partial charge >= 0.3 is 6.18 Å². The van der Waals surface area contributed by atoms with Crippen molar-refractivity contribution in [1.29, 1.82) is 0 Å². The van der Waals surface area contributed by atoms with Crippen LogP contribution in [0.1, 0.15) is 12.0 Å². The molecule has 0 unspecified atom stereocenters. The zero-order valence-electron chi connectivity index (χ0n) is 10.2. The molecular formula is C11H11BrF3N5. The van der Waals surface area contributed by atoms with E-state index in [2.05, 4.69) is 36.5 Å². The van der Waals surface area contributed by atoms with Gasteiger partial charge in [-0.15, -0.1) is 5.10 Å². The Hall–Kier alpha value is -1.64. The van der Waals surface area contributed by atoms with Crippen LogP contribution in [0.3, 0.4) is 0 Å². The molecule has 0 spiro atoms. The quantitative estimate of drug-likeness (QED) is 0.843. The number of rotatable bonds is 5. The standard InChI is InChI=1S/C11H11BrF3N5/c12-8-6-9(11(13,14)15)10(17-7-8)16-2-1-4-20-5-3-18-19-20/h3,5-7H,1-2,4H2,(H,16,17). The van der Waals surface area contributed by atoms with Crippen molar-refractivity contribution in [3.05, 3.63) is 34.7 Å². The third-order valence-corrected chi connectivity index (χ3v) is 2.92. The lowest BCUT2D eigenvalue weighted by Gasteiger charge is -2.13. The van der Waals surface area contributed by atoms with E-state index >= 15 is 0 Å². The Morgan fingerprint density at radius 1 is 1.35 bits per heavy atom. The molecule has 9 heteroatoms. The summed E-state index contributed by atoms with van der Waals surface area (Å²) in [6.45, 7) is 0.933. The third-order valence-electron chi connectivity index (χ3n) is 2.49. The Bertz CT molecular complexity index is 556. The van der Waals surface area contributed by atoms with Crippen LogP contribution in [0.25, 0.3) is 0 Å². The summed E-state index contributed by atoms with van der Waals surface area (Å²) in [5.41, 5.74) is -0.785. The van der Waals surface area contributed by atoms with Gasteiger partial charge < -0.3 is 5.32 Å². The lowest BCUT2D eigenvalue weighted by atomic mass is 10.2. The summed E-state index contributed by atoms with van der Waals surface area (Å²) in [6.07, 6.45) is 0.739. The Labute approximate surface area is 121 Å². The van der Waals surface area contributed by atoms with Crippen molar-refractivity contribution in [2.45, 2.75) is 19.1 Å². The van der Waals surface area contributed by atoms with E-state index in [0.717, 1.165) is 6.07 Å². The van der Waals surface area contributed by atoms with Gasteiger partial charge in [0.15, 0.2) is 0 Å². The molecule has 0 saturated heterocycles. The van der Waals surface area contributed by atoms with Crippen molar-refractivity contribution in [3.63, 3.8) is 0 Å². The van der Waals surface area contributed by atoms with E-state index in [0.29, 0.717) is 19.5 Å². The summed E-state index contributed by atoms with van der Waals surface area (Å²) in [7, 11) is 0. The van der Waals surface area contributed by atoms with Gasteiger partial charge in [0.2, 0.25) is 0 Å². The summed E-state index contributed by atoms with van der Waals surface area (Å²) in [5.74, 6) is -0.167. The highest BCUT2D eigenvalue weighted by Gasteiger charge is 2.34. The fourth-order valence-electron chi connectivity index (χ4n) is 1.60. The van der Waals surface area contributed by atoms with E-state index in [-0.39, 0.29) is 10.3 Å². The van der Waals surface area contributed by atoms with E-state index in [1.54, 1.807) is 17.1 Å². The van der Waals surface area contributed by atoms with E-state index in [9.17, 15) is 13.2 Å². The first-order valence-corrected chi connectivity index (χ1v) is 6.57. The van der Waals surface area contributed by atoms with Gasteiger partial charge in [-0.05, 0) is 28.4 Å².